The van der Waals surface area contributed by atoms with E-state index in [9.17, 15) is 0 Å². The molecule has 0 aliphatic carbocycles. The molecule has 2 aromatic carbocycles. The molecule has 0 radical (unpaired) electrons. The van der Waals surface area contributed by atoms with Crippen LogP contribution >= 0.6 is 34.8 Å². The van der Waals surface area contributed by atoms with Crippen LogP contribution in [-0.2, 0) is 0 Å². The van der Waals surface area contributed by atoms with Gasteiger partial charge in [-0.2, -0.15) is 10.2 Å². The second-order valence-electron chi connectivity index (χ2n) is 11.7. The van der Waals surface area contributed by atoms with Crippen molar-refractivity contribution in [1.82, 2.24) is 34.5 Å². The number of halogens is 3. The average molecular weight is 724 g/mol. The minimum Gasteiger partial charge on any atom is -0.355 e. The summed E-state index contributed by atoms with van der Waals surface area (Å²) in [5.41, 5.74) is 17.1. The molecule has 2 atom stereocenters. The summed E-state index contributed by atoms with van der Waals surface area (Å²) in [6, 6.07) is 19.7. The van der Waals surface area contributed by atoms with E-state index >= 15 is 0 Å². The first-order valence-electron chi connectivity index (χ1n) is 15.7. The maximum Gasteiger partial charge on any atom is 0.165 e. The topological polar surface area (TPSA) is 128 Å². The number of hydrogen-bond acceptors (Lipinski definition) is 8. The molecule has 4 aromatic heterocycles. The monoisotopic (exact) mass is 722 g/mol. The zero-order valence-electron chi connectivity index (χ0n) is 25.8. The number of nitrogens with one attached hydrogen (secondary N) is 1. The Morgan fingerprint density at radius 2 is 1.31 bits per heavy atom. The van der Waals surface area contributed by atoms with Gasteiger partial charge in [0.1, 0.15) is 11.0 Å². The molecule has 2 aliphatic heterocycles. The number of aromatic nitrogens is 6. The van der Waals surface area contributed by atoms with E-state index < -0.39 is 0 Å². The fraction of sp³-hybridized carbons (Fsp3) is 0.333. The highest BCUT2D eigenvalue weighted by molar-refractivity contribution is 6.31. The number of rotatable bonds is 3. The smallest absolute Gasteiger partial charge is 0.165 e. The molecule has 0 unspecified atom stereocenters. The van der Waals surface area contributed by atoms with Crippen molar-refractivity contribution in [3.8, 4) is 22.3 Å². The van der Waals surface area contributed by atoms with Crippen LogP contribution in [0.3, 0.4) is 0 Å². The van der Waals surface area contributed by atoms with Crippen LogP contribution < -0.4 is 21.7 Å². The lowest BCUT2D eigenvalue weighted by Gasteiger charge is -2.31. The molecule has 2 saturated heterocycles. The van der Waals surface area contributed by atoms with Gasteiger partial charge in [-0.05, 0) is 79.8 Å². The van der Waals surface area contributed by atoms with Gasteiger partial charge in [-0.1, -0.05) is 73.9 Å². The van der Waals surface area contributed by atoms with Crippen molar-refractivity contribution >= 4 is 51.9 Å². The number of benzene rings is 2. The minimum atomic E-state index is 0. The molecule has 0 spiro atoms. The number of nitrogens with zero attached hydrogens (tertiary/aromatic N) is 7. The van der Waals surface area contributed by atoms with Crippen molar-refractivity contribution < 1.29 is 0 Å². The quantitative estimate of drug-likeness (QED) is 0.159. The van der Waals surface area contributed by atoms with Gasteiger partial charge in [0.05, 0.1) is 12.4 Å². The molecule has 13 heteroatoms. The predicted octanol–water partition coefficient (Wildman–Crippen LogP) is 7.65. The standard InChI is InChI=1S/C17H18ClN5.C12H7Cl2N3.C5H12N2.2CH4/c18-13-4-1-3-12(9-13)15-10-20-23-8-6-16(21-17(15)23)22-7-2-5-14(19)11-22;13-9-3-1-2-8(6-9)10-7-15-17-5-4-11(14)16-12(10)17;6-5-2-1-3-7-4-5;;/h1,3-4,6,8-10,14H,2,5,7,11,19H2;1-7H;5,7H,1-4,6H2;2*1H4/t14-;;5-;;/m0.0../s1. The zero-order valence-corrected chi connectivity index (χ0v) is 28.1. The third kappa shape index (κ3) is 9.69. The first kappa shape index (κ1) is 38.0. The SMILES string of the molecule is C.C.Clc1cccc(-c2cnn3ccc(Cl)nc23)c1.N[C@H]1CCCN(c2ccn3ncc(-c4cccc(Cl)c4)c3n2)C1.N[C@H]1CCCNC1. The van der Waals surface area contributed by atoms with Crippen LogP contribution in [0.15, 0.2) is 85.5 Å². The molecule has 2 aliphatic rings. The summed E-state index contributed by atoms with van der Waals surface area (Å²) >= 11 is 18.0. The van der Waals surface area contributed by atoms with Crippen LogP contribution in [0.2, 0.25) is 15.2 Å². The number of anilines is 1. The summed E-state index contributed by atoms with van der Waals surface area (Å²) in [5.74, 6) is 0.955. The van der Waals surface area contributed by atoms with E-state index in [2.05, 4.69) is 25.4 Å². The van der Waals surface area contributed by atoms with Gasteiger partial charge < -0.3 is 21.7 Å². The first-order chi connectivity index (χ1) is 22.8. The van der Waals surface area contributed by atoms with E-state index in [4.69, 9.17) is 51.3 Å². The van der Waals surface area contributed by atoms with Crippen molar-refractivity contribution in [2.24, 2.45) is 11.5 Å². The van der Waals surface area contributed by atoms with Gasteiger partial charge in [0.25, 0.3) is 0 Å². The zero-order chi connectivity index (χ0) is 32.8. The molecular weight excluding hydrogens is 679 g/mol. The van der Waals surface area contributed by atoms with Gasteiger partial charge in [-0.3, -0.25) is 0 Å². The van der Waals surface area contributed by atoms with Crippen molar-refractivity contribution in [2.75, 3.05) is 31.1 Å². The maximum atomic E-state index is 6.11. The lowest BCUT2D eigenvalue weighted by atomic mass is 10.1. The Bertz CT molecular complexity index is 1940. The van der Waals surface area contributed by atoms with Gasteiger partial charge in [0.15, 0.2) is 11.3 Å². The molecule has 0 bridgehead atoms. The Morgan fingerprint density at radius 3 is 1.84 bits per heavy atom. The molecule has 260 valence electrons. The van der Waals surface area contributed by atoms with Crippen LogP contribution in [0.4, 0.5) is 5.82 Å². The highest BCUT2D eigenvalue weighted by atomic mass is 35.5. The fourth-order valence-electron chi connectivity index (χ4n) is 5.70. The van der Waals surface area contributed by atoms with E-state index in [1.165, 1.54) is 12.8 Å². The largest absolute Gasteiger partial charge is 0.355 e. The fourth-order valence-corrected chi connectivity index (χ4v) is 6.22. The minimum absolute atomic E-state index is 0. The van der Waals surface area contributed by atoms with E-state index in [1.807, 2.05) is 67.0 Å². The molecular formula is C36H45Cl3N10. The first-order valence-corrected chi connectivity index (χ1v) is 16.8. The molecule has 2 fully saturated rings. The van der Waals surface area contributed by atoms with E-state index in [1.54, 1.807) is 27.5 Å². The summed E-state index contributed by atoms with van der Waals surface area (Å²) in [6.07, 6.45) is 12.0. The Balaban J connectivity index is 0.000000183. The van der Waals surface area contributed by atoms with Crippen LogP contribution in [0.5, 0.6) is 0 Å². The summed E-state index contributed by atoms with van der Waals surface area (Å²) in [6.45, 7) is 4.02. The van der Waals surface area contributed by atoms with E-state index in [-0.39, 0.29) is 20.9 Å². The van der Waals surface area contributed by atoms with Crippen molar-refractivity contribution in [3.63, 3.8) is 0 Å². The van der Waals surface area contributed by atoms with Gasteiger partial charge in [0, 0.05) is 65.3 Å². The number of piperidine rings is 2. The predicted molar refractivity (Wildman–Crippen MR) is 205 cm³/mol. The molecule has 0 saturated carbocycles. The second kappa shape index (κ2) is 17.8. The molecule has 6 aromatic rings. The van der Waals surface area contributed by atoms with Crippen molar-refractivity contribution in [2.45, 2.75) is 52.6 Å². The lowest BCUT2D eigenvalue weighted by Crippen LogP contribution is -2.43. The third-order valence-corrected chi connectivity index (χ3v) is 8.76. The number of fused-ring (bicyclic) bond motifs is 2. The van der Waals surface area contributed by atoms with Crippen molar-refractivity contribution in [1.29, 1.82) is 0 Å². The summed E-state index contributed by atoms with van der Waals surface area (Å²) in [5, 5.41) is 13.7. The van der Waals surface area contributed by atoms with Gasteiger partial charge >= 0.3 is 0 Å². The average Bonchev–Trinajstić information content (AvgIpc) is 3.70. The maximum absolute atomic E-state index is 6.11. The second-order valence-corrected chi connectivity index (χ2v) is 12.9. The highest BCUT2D eigenvalue weighted by Crippen LogP contribution is 2.28. The summed E-state index contributed by atoms with van der Waals surface area (Å²) in [7, 11) is 0. The van der Waals surface area contributed by atoms with Crippen LogP contribution in [0.1, 0.15) is 40.5 Å². The van der Waals surface area contributed by atoms with Crippen LogP contribution in [0, 0.1) is 0 Å². The molecule has 6 heterocycles. The normalized spacial score (nSPS) is 17.2. The van der Waals surface area contributed by atoms with Crippen molar-refractivity contribution in [3.05, 3.63) is 101 Å². The lowest BCUT2D eigenvalue weighted by molar-refractivity contribution is 0.459. The van der Waals surface area contributed by atoms with Gasteiger partial charge in [-0.15, -0.1) is 0 Å². The van der Waals surface area contributed by atoms with Gasteiger partial charge in [0.2, 0.25) is 0 Å². The van der Waals surface area contributed by atoms with E-state index in [0.717, 1.165) is 78.4 Å². The molecule has 0 amide bonds. The summed E-state index contributed by atoms with van der Waals surface area (Å²) < 4.78 is 3.48. The molecule has 8 rings (SSSR count). The highest BCUT2D eigenvalue weighted by Gasteiger charge is 2.19. The van der Waals surface area contributed by atoms with E-state index in [0.29, 0.717) is 21.2 Å². The number of hydrogen-bond donors (Lipinski definition) is 3. The summed E-state index contributed by atoms with van der Waals surface area (Å²) in [4.78, 5) is 11.3. The molecule has 10 nitrogen and oxygen atoms in total. The Morgan fingerprint density at radius 1 is 0.714 bits per heavy atom. The molecule has 49 heavy (non-hydrogen) atoms. The third-order valence-electron chi connectivity index (χ3n) is 8.08. The molecule has 5 N–H and O–H groups in total. The number of nitrogens with two attached hydrogens (primary N) is 2. The Kier molecular flexibility index (Phi) is 13.8. The van der Waals surface area contributed by atoms with Crippen LogP contribution in [-0.4, -0.2) is 67.5 Å². The Labute approximate surface area is 303 Å². The van der Waals surface area contributed by atoms with Crippen LogP contribution in [0.25, 0.3) is 33.5 Å². The Hall–Kier alpha value is -3.77. The van der Waals surface area contributed by atoms with Gasteiger partial charge in [-0.25, -0.2) is 19.0 Å².